The highest BCUT2D eigenvalue weighted by molar-refractivity contribution is 6.30. The highest BCUT2D eigenvalue weighted by Crippen LogP contribution is 2.31. The smallest absolute Gasteiger partial charge is 0.204 e. The number of hydrogen-bond acceptors (Lipinski definition) is 4. The minimum absolute atomic E-state index is 0.0448. The number of benzene rings is 2. The molecule has 0 radical (unpaired) electrons. The SMILES string of the molecule is Cc1oc2cc(O)cc(O)c2c(=O)c1-c1ccc(Cl)cc1. The molecule has 0 unspecified atom stereocenters. The lowest BCUT2D eigenvalue weighted by Crippen LogP contribution is -2.07. The molecule has 0 aliphatic heterocycles. The lowest BCUT2D eigenvalue weighted by atomic mass is 10.0. The highest BCUT2D eigenvalue weighted by atomic mass is 35.5. The molecule has 4 nitrogen and oxygen atoms in total. The molecular weight excluding hydrogens is 292 g/mol. The lowest BCUT2D eigenvalue weighted by molar-refractivity contribution is 0.451. The molecule has 3 rings (SSSR count). The summed E-state index contributed by atoms with van der Waals surface area (Å²) < 4.78 is 5.57. The van der Waals surface area contributed by atoms with Crippen LogP contribution in [0.25, 0.3) is 22.1 Å². The summed E-state index contributed by atoms with van der Waals surface area (Å²) >= 11 is 5.85. The Morgan fingerprint density at radius 2 is 1.76 bits per heavy atom. The average molecular weight is 303 g/mol. The van der Waals surface area contributed by atoms with Crippen molar-refractivity contribution >= 4 is 22.6 Å². The molecule has 0 amide bonds. The Hall–Kier alpha value is -2.46. The van der Waals surface area contributed by atoms with E-state index in [1.54, 1.807) is 31.2 Å². The zero-order valence-corrected chi connectivity index (χ0v) is 11.8. The molecule has 2 aromatic carbocycles. The molecule has 0 fully saturated rings. The van der Waals surface area contributed by atoms with Crippen LogP contribution in [-0.4, -0.2) is 10.2 Å². The molecule has 21 heavy (non-hydrogen) atoms. The number of hydrogen-bond donors (Lipinski definition) is 2. The third-order valence-corrected chi connectivity index (χ3v) is 3.52. The minimum atomic E-state index is -0.353. The quantitative estimate of drug-likeness (QED) is 0.716. The number of fused-ring (bicyclic) bond motifs is 1. The van der Waals surface area contributed by atoms with Gasteiger partial charge in [0.15, 0.2) is 0 Å². The Balaban J connectivity index is 2.39. The molecule has 0 aliphatic rings. The Morgan fingerprint density at radius 3 is 2.43 bits per heavy atom. The average Bonchev–Trinajstić information content (AvgIpc) is 2.39. The van der Waals surface area contributed by atoms with Gasteiger partial charge in [0, 0.05) is 17.2 Å². The van der Waals surface area contributed by atoms with Gasteiger partial charge in [-0.05, 0) is 24.6 Å². The van der Waals surface area contributed by atoms with Gasteiger partial charge in [0.1, 0.15) is 28.2 Å². The summed E-state index contributed by atoms with van der Waals surface area (Å²) in [5.41, 5.74) is 0.807. The number of aryl methyl sites for hydroxylation is 1. The van der Waals surface area contributed by atoms with Crippen LogP contribution in [0.5, 0.6) is 11.5 Å². The Morgan fingerprint density at radius 1 is 1.10 bits per heavy atom. The maximum Gasteiger partial charge on any atom is 0.204 e. The van der Waals surface area contributed by atoms with E-state index in [0.717, 1.165) is 6.07 Å². The predicted octanol–water partition coefficient (Wildman–Crippen LogP) is 3.83. The van der Waals surface area contributed by atoms with Gasteiger partial charge in [-0.2, -0.15) is 0 Å². The second kappa shape index (κ2) is 4.82. The van der Waals surface area contributed by atoms with Gasteiger partial charge in [0.2, 0.25) is 5.43 Å². The van der Waals surface area contributed by atoms with Crippen molar-refractivity contribution in [1.29, 1.82) is 0 Å². The maximum absolute atomic E-state index is 12.6. The molecule has 2 N–H and O–H groups in total. The molecule has 0 bridgehead atoms. The van der Waals surface area contributed by atoms with Crippen molar-refractivity contribution in [3.63, 3.8) is 0 Å². The van der Waals surface area contributed by atoms with Crippen LogP contribution in [0, 0.1) is 6.92 Å². The Kier molecular flexibility index (Phi) is 3.11. The zero-order valence-electron chi connectivity index (χ0n) is 11.1. The van der Waals surface area contributed by atoms with Crippen LogP contribution in [0.4, 0.5) is 0 Å². The monoisotopic (exact) mass is 302 g/mol. The molecule has 1 aromatic heterocycles. The lowest BCUT2D eigenvalue weighted by Gasteiger charge is -2.08. The van der Waals surface area contributed by atoms with E-state index in [4.69, 9.17) is 16.0 Å². The van der Waals surface area contributed by atoms with Gasteiger partial charge in [0.25, 0.3) is 0 Å². The van der Waals surface area contributed by atoms with E-state index in [9.17, 15) is 15.0 Å². The molecule has 0 saturated heterocycles. The normalized spacial score (nSPS) is 11.0. The Bertz CT molecular complexity index is 895. The van der Waals surface area contributed by atoms with Gasteiger partial charge in [-0.25, -0.2) is 0 Å². The van der Waals surface area contributed by atoms with Crippen LogP contribution >= 0.6 is 11.6 Å². The van der Waals surface area contributed by atoms with Crippen LogP contribution in [0.15, 0.2) is 45.6 Å². The number of rotatable bonds is 1. The predicted molar refractivity (Wildman–Crippen MR) is 81.0 cm³/mol. The first kappa shape index (κ1) is 13.5. The first-order valence-corrected chi connectivity index (χ1v) is 6.60. The summed E-state index contributed by atoms with van der Waals surface area (Å²) in [5.74, 6) is -0.0735. The molecule has 106 valence electrons. The first-order chi connectivity index (χ1) is 9.97. The van der Waals surface area contributed by atoms with Gasteiger partial charge in [0.05, 0.1) is 5.56 Å². The van der Waals surface area contributed by atoms with Crippen LogP contribution < -0.4 is 5.43 Å². The fraction of sp³-hybridized carbons (Fsp3) is 0.0625. The standard InChI is InChI=1S/C16H11ClO4/c1-8-14(9-2-4-10(17)5-3-9)16(20)15-12(19)6-11(18)7-13(15)21-8/h2-7,18-19H,1H3. The van der Waals surface area contributed by atoms with E-state index in [1.807, 2.05) is 0 Å². The minimum Gasteiger partial charge on any atom is -0.508 e. The van der Waals surface area contributed by atoms with Crippen molar-refractivity contribution in [2.45, 2.75) is 6.92 Å². The third-order valence-electron chi connectivity index (χ3n) is 3.27. The summed E-state index contributed by atoms with van der Waals surface area (Å²) in [6.45, 7) is 1.66. The highest BCUT2D eigenvalue weighted by Gasteiger charge is 2.17. The second-order valence-corrected chi connectivity index (χ2v) is 5.14. The van der Waals surface area contributed by atoms with E-state index < -0.39 is 0 Å². The van der Waals surface area contributed by atoms with Crippen molar-refractivity contribution < 1.29 is 14.6 Å². The summed E-state index contributed by atoms with van der Waals surface area (Å²) in [6.07, 6.45) is 0. The van der Waals surface area contributed by atoms with E-state index >= 15 is 0 Å². The fourth-order valence-electron chi connectivity index (χ4n) is 2.35. The van der Waals surface area contributed by atoms with Crippen molar-refractivity contribution in [2.75, 3.05) is 0 Å². The Labute approximate surface area is 124 Å². The zero-order chi connectivity index (χ0) is 15.1. The maximum atomic E-state index is 12.6. The number of aromatic hydroxyl groups is 2. The van der Waals surface area contributed by atoms with Gasteiger partial charge >= 0.3 is 0 Å². The largest absolute Gasteiger partial charge is 0.508 e. The first-order valence-electron chi connectivity index (χ1n) is 6.22. The fourth-order valence-corrected chi connectivity index (χ4v) is 2.47. The second-order valence-electron chi connectivity index (χ2n) is 4.71. The topological polar surface area (TPSA) is 70.7 Å². The molecule has 0 atom stereocenters. The molecule has 0 spiro atoms. The summed E-state index contributed by atoms with van der Waals surface area (Å²) in [5, 5.41) is 20.0. The van der Waals surface area contributed by atoms with E-state index in [1.165, 1.54) is 6.07 Å². The summed E-state index contributed by atoms with van der Waals surface area (Å²) in [6, 6.07) is 9.19. The number of phenols is 2. The van der Waals surface area contributed by atoms with Crippen molar-refractivity contribution in [2.24, 2.45) is 0 Å². The summed E-state index contributed by atoms with van der Waals surface area (Å²) in [4.78, 5) is 12.6. The molecule has 1 heterocycles. The number of halogens is 1. The van der Waals surface area contributed by atoms with Gasteiger partial charge < -0.3 is 14.6 Å². The van der Waals surface area contributed by atoms with Crippen molar-refractivity contribution in [3.05, 3.63) is 57.4 Å². The molecular formula is C16H11ClO4. The van der Waals surface area contributed by atoms with E-state index in [0.29, 0.717) is 21.9 Å². The summed E-state index contributed by atoms with van der Waals surface area (Å²) in [7, 11) is 0. The van der Waals surface area contributed by atoms with Crippen LogP contribution in [0.3, 0.4) is 0 Å². The van der Waals surface area contributed by atoms with Crippen molar-refractivity contribution in [1.82, 2.24) is 0 Å². The molecule has 0 aliphatic carbocycles. The van der Waals surface area contributed by atoms with Crippen LogP contribution in [0.2, 0.25) is 5.02 Å². The van der Waals surface area contributed by atoms with E-state index in [2.05, 4.69) is 0 Å². The van der Waals surface area contributed by atoms with Crippen LogP contribution in [0.1, 0.15) is 5.76 Å². The van der Waals surface area contributed by atoms with Gasteiger partial charge in [-0.3, -0.25) is 4.79 Å². The van der Waals surface area contributed by atoms with E-state index in [-0.39, 0.29) is 27.9 Å². The third kappa shape index (κ3) is 2.23. The molecule has 0 saturated carbocycles. The van der Waals surface area contributed by atoms with Gasteiger partial charge in [-0.1, -0.05) is 23.7 Å². The molecule has 5 heteroatoms. The van der Waals surface area contributed by atoms with Crippen LogP contribution in [-0.2, 0) is 0 Å². The molecule has 3 aromatic rings. The number of phenolic OH excluding ortho intramolecular Hbond substituents is 2. The van der Waals surface area contributed by atoms with Crippen molar-refractivity contribution in [3.8, 4) is 22.6 Å². The van der Waals surface area contributed by atoms with Gasteiger partial charge in [-0.15, -0.1) is 0 Å².